The standard InChI is InChI=1S/C9H8BrN3S/c1-6-7(10)3-2-4-8(6)13-5-11-12-9(13)14/h2-5H,1H3,(H,12,14). The van der Waals surface area contributed by atoms with Gasteiger partial charge in [0.05, 0.1) is 5.69 Å². The lowest BCUT2D eigenvalue weighted by atomic mass is 10.2. The molecule has 0 aliphatic rings. The Bertz CT molecular complexity index is 515. The Morgan fingerprint density at radius 3 is 2.93 bits per heavy atom. The molecule has 5 heteroatoms. The Balaban J connectivity index is 2.69. The van der Waals surface area contributed by atoms with Crippen molar-refractivity contribution in [3.63, 3.8) is 0 Å². The van der Waals surface area contributed by atoms with Crippen LogP contribution in [-0.2, 0) is 0 Å². The van der Waals surface area contributed by atoms with E-state index in [1.165, 1.54) is 0 Å². The van der Waals surface area contributed by atoms with Crippen molar-refractivity contribution in [1.82, 2.24) is 14.8 Å². The number of hydrogen-bond acceptors (Lipinski definition) is 2. The maximum Gasteiger partial charge on any atom is 0.199 e. The van der Waals surface area contributed by atoms with Crippen LogP contribution in [0.3, 0.4) is 0 Å². The van der Waals surface area contributed by atoms with Gasteiger partial charge >= 0.3 is 0 Å². The fraction of sp³-hybridized carbons (Fsp3) is 0.111. The van der Waals surface area contributed by atoms with Gasteiger partial charge in [-0.3, -0.25) is 9.67 Å². The number of benzene rings is 1. The highest BCUT2D eigenvalue weighted by Gasteiger charge is 2.04. The maximum absolute atomic E-state index is 5.10. The predicted octanol–water partition coefficient (Wildman–Crippen LogP) is 3.00. The lowest BCUT2D eigenvalue weighted by Crippen LogP contribution is -1.95. The van der Waals surface area contributed by atoms with E-state index in [0.717, 1.165) is 15.7 Å². The van der Waals surface area contributed by atoms with Gasteiger partial charge in [0, 0.05) is 4.47 Å². The molecule has 0 amide bonds. The molecule has 0 aliphatic heterocycles. The minimum Gasteiger partial charge on any atom is -0.274 e. The van der Waals surface area contributed by atoms with Gasteiger partial charge in [-0.05, 0) is 36.8 Å². The van der Waals surface area contributed by atoms with E-state index in [0.29, 0.717) is 4.77 Å². The highest BCUT2D eigenvalue weighted by atomic mass is 79.9. The summed E-state index contributed by atoms with van der Waals surface area (Å²) in [5.74, 6) is 0. The SMILES string of the molecule is Cc1c(Br)cccc1-n1cn[nH]c1=S. The molecular formula is C9H8BrN3S. The van der Waals surface area contributed by atoms with Crippen LogP contribution in [-0.4, -0.2) is 14.8 Å². The molecule has 14 heavy (non-hydrogen) atoms. The van der Waals surface area contributed by atoms with E-state index in [-0.39, 0.29) is 0 Å². The molecule has 0 saturated carbocycles. The minimum atomic E-state index is 0.603. The van der Waals surface area contributed by atoms with Crippen LogP contribution < -0.4 is 0 Å². The van der Waals surface area contributed by atoms with Gasteiger partial charge < -0.3 is 0 Å². The zero-order valence-corrected chi connectivity index (χ0v) is 9.89. The summed E-state index contributed by atoms with van der Waals surface area (Å²) in [4.78, 5) is 0. The van der Waals surface area contributed by atoms with Crippen molar-refractivity contribution in [3.05, 3.63) is 39.3 Å². The van der Waals surface area contributed by atoms with Crippen molar-refractivity contribution in [2.24, 2.45) is 0 Å². The van der Waals surface area contributed by atoms with Gasteiger partial charge in [-0.15, -0.1) is 0 Å². The zero-order valence-electron chi connectivity index (χ0n) is 7.49. The number of rotatable bonds is 1. The van der Waals surface area contributed by atoms with Crippen LogP contribution in [0.4, 0.5) is 0 Å². The number of halogens is 1. The van der Waals surface area contributed by atoms with Crippen molar-refractivity contribution in [3.8, 4) is 5.69 Å². The van der Waals surface area contributed by atoms with Crippen LogP contribution in [0.25, 0.3) is 5.69 Å². The molecule has 1 aromatic heterocycles. The summed E-state index contributed by atoms with van der Waals surface area (Å²) in [6, 6.07) is 5.98. The smallest absolute Gasteiger partial charge is 0.199 e. The third-order valence-electron chi connectivity index (χ3n) is 2.05. The molecule has 3 nitrogen and oxygen atoms in total. The molecule has 0 saturated heterocycles. The number of nitrogens with zero attached hydrogens (tertiary/aromatic N) is 2. The molecule has 0 bridgehead atoms. The van der Waals surface area contributed by atoms with Gasteiger partial charge in [0.2, 0.25) is 0 Å². The molecule has 0 unspecified atom stereocenters. The average Bonchev–Trinajstić information content (AvgIpc) is 2.57. The number of aromatic nitrogens is 3. The molecular weight excluding hydrogens is 262 g/mol. The van der Waals surface area contributed by atoms with E-state index in [4.69, 9.17) is 12.2 Å². The van der Waals surface area contributed by atoms with Crippen LogP contribution in [0, 0.1) is 11.7 Å². The predicted molar refractivity (Wildman–Crippen MR) is 61.2 cm³/mol. The van der Waals surface area contributed by atoms with Crippen molar-refractivity contribution >= 4 is 28.1 Å². The minimum absolute atomic E-state index is 0.603. The van der Waals surface area contributed by atoms with E-state index >= 15 is 0 Å². The van der Waals surface area contributed by atoms with E-state index in [2.05, 4.69) is 26.1 Å². The Labute approximate surface area is 94.9 Å². The molecule has 1 heterocycles. The monoisotopic (exact) mass is 269 g/mol. The highest BCUT2D eigenvalue weighted by molar-refractivity contribution is 9.10. The Kier molecular flexibility index (Phi) is 2.52. The van der Waals surface area contributed by atoms with Crippen LogP contribution in [0.15, 0.2) is 29.0 Å². The van der Waals surface area contributed by atoms with Crippen molar-refractivity contribution in [2.45, 2.75) is 6.92 Å². The first kappa shape index (κ1) is 9.61. The Morgan fingerprint density at radius 1 is 1.50 bits per heavy atom. The van der Waals surface area contributed by atoms with E-state index in [1.54, 1.807) is 6.33 Å². The number of nitrogens with one attached hydrogen (secondary N) is 1. The summed E-state index contributed by atoms with van der Waals surface area (Å²) in [6.07, 6.45) is 1.68. The third-order valence-corrected chi connectivity index (χ3v) is 3.20. The lowest BCUT2D eigenvalue weighted by Gasteiger charge is -2.06. The van der Waals surface area contributed by atoms with E-state index in [9.17, 15) is 0 Å². The highest BCUT2D eigenvalue weighted by Crippen LogP contribution is 2.22. The molecule has 0 atom stereocenters. The molecule has 0 radical (unpaired) electrons. The summed E-state index contributed by atoms with van der Waals surface area (Å²) in [5, 5.41) is 6.61. The second-order valence-electron chi connectivity index (χ2n) is 2.92. The van der Waals surface area contributed by atoms with Gasteiger partial charge in [-0.2, -0.15) is 5.10 Å². The molecule has 0 fully saturated rings. The Hall–Kier alpha value is -0.940. The molecule has 0 spiro atoms. The van der Waals surface area contributed by atoms with Crippen molar-refractivity contribution < 1.29 is 0 Å². The largest absolute Gasteiger partial charge is 0.274 e. The lowest BCUT2D eigenvalue weighted by molar-refractivity contribution is 1.01. The van der Waals surface area contributed by atoms with E-state index < -0.39 is 0 Å². The number of aromatic amines is 1. The first-order valence-electron chi connectivity index (χ1n) is 4.07. The van der Waals surface area contributed by atoms with Crippen molar-refractivity contribution in [2.75, 3.05) is 0 Å². The van der Waals surface area contributed by atoms with Gasteiger partial charge in [-0.1, -0.05) is 22.0 Å². The Morgan fingerprint density at radius 2 is 2.29 bits per heavy atom. The normalized spacial score (nSPS) is 10.4. The molecule has 72 valence electrons. The number of H-pyrrole nitrogens is 1. The van der Waals surface area contributed by atoms with Crippen molar-refractivity contribution in [1.29, 1.82) is 0 Å². The second kappa shape index (κ2) is 3.67. The fourth-order valence-corrected chi connectivity index (χ4v) is 1.83. The van der Waals surface area contributed by atoms with E-state index in [1.807, 2.05) is 29.7 Å². The average molecular weight is 270 g/mol. The van der Waals surface area contributed by atoms with Crippen LogP contribution in [0.5, 0.6) is 0 Å². The summed E-state index contributed by atoms with van der Waals surface area (Å²) in [6.45, 7) is 2.04. The quantitative estimate of drug-likeness (QED) is 0.808. The summed E-state index contributed by atoms with van der Waals surface area (Å²) < 4.78 is 3.51. The van der Waals surface area contributed by atoms with Gasteiger partial charge in [-0.25, -0.2) is 0 Å². The van der Waals surface area contributed by atoms with Gasteiger partial charge in [0.1, 0.15) is 6.33 Å². The fourth-order valence-electron chi connectivity index (χ4n) is 1.28. The van der Waals surface area contributed by atoms with Crippen LogP contribution >= 0.6 is 28.1 Å². The van der Waals surface area contributed by atoms with Crippen LogP contribution in [0.1, 0.15) is 5.56 Å². The van der Waals surface area contributed by atoms with Crippen LogP contribution in [0.2, 0.25) is 0 Å². The van der Waals surface area contributed by atoms with Gasteiger partial charge in [0.15, 0.2) is 4.77 Å². The third kappa shape index (κ3) is 1.53. The molecule has 1 N–H and O–H groups in total. The summed E-state index contributed by atoms with van der Waals surface area (Å²) in [5.41, 5.74) is 2.18. The number of hydrogen-bond donors (Lipinski definition) is 1. The molecule has 1 aromatic carbocycles. The summed E-state index contributed by atoms with van der Waals surface area (Å²) in [7, 11) is 0. The molecule has 2 aromatic rings. The molecule has 0 aliphatic carbocycles. The van der Waals surface area contributed by atoms with Gasteiger partial charge in [0.25, 0.3) is 0 Å². The first-order chi connectivity index (χ1) is 6.70. The second-order valence-corrected chi connectivity index (χ2v) is 4.16. The zero-order chi connectivity index (χ0) is 10.1. The summed E-state index contributed by atoms with van der Waals surface area (Å²) >= 11 is 8.58. The topological polar surface area (TPSA) is 33.6 Å². The first-order valence-corrected chi connectivity index (χ1v) is 5.28. The molecule has 2 rings (SSSR count). The maximum atomic E-state index is 5.10.